The summed E-state index contributed by atoms with van der Waals surface area (Å²) in [4.78, 5) is 16.9. The Hall–Kier alpha value is -2.88. The van der Waals surface area contributed by atoms with E-state index in [1.54, 1.807) is 20.1 Å². The van der Waals surface area contributed by atoms with E-state index in [0.717, 1.165) is 27.9 Å². The number of methoxy groups -OCH3 is 1. The summed E-state index contributed by atoms with van der Waals surface area (Å²) in [6.07, 6.45) is 0. The molecule has 0 spiro atoms. The molecule has 0 aliphatic rings. The van der Waals surface area contributed by atoms with Crippen molar-refractivity contribution in [2.45, 2.75) is 6.92 Å². The molecule has 0 N–H and O–H groups in total. The lowest BCUT2D eigenvalue weighted by molar-refractivity contribution is 0.0528. The molecule has 0 aliphatic heterocycles. The number of nitrogens with zero attached hydrogens (tertiary/aromatic N) is 1. The summed E-state index contributed by atoms with van der Waals surface area (Å²) in [5.74, 6) is 0.445. The largest absolute Gasteiger partial charge is 0.497 e. The third-order valence-electron chi connectivity index (χ3n) is 3.60. The van der Waals surface area contributed by atoms with E-state index in [1.165, 1.54) is 0 Å². The van der Waals surface area contributed by atoms with Crippen LogP contribution in [0, 0.1) is 0 Å². The van der Waals surface area contributed by atoms with Crippen LogP contribution < -0.4 is 4.74 Å². The van der Waals surface area contributed by atoms with Crippen LogP contribution in [-0.2, 0) is 4.74 Å². The van der Waals surface area contributed by atoms with E-state index in [0.29, 0.717) is 12.2 Å². The molecule has 0 bridgehead atoms. The Balaban J connectivity index is 2.15. The summed E-state index contributed by atoms with van der Waals surface area (Å²) in [6.45, 7) is 2.14. The molecular weight excluding hydrogens is 290 g/mol. The van der Waals surface area contributed by atoms with Gasteiger partial charge in [-0.3, -0.25) is 0 Å². The van der Waals surface area contributed by atoms with Gasteiger partial charge in [-0.25, -0.2) is 9.78 Å². The number of esters is 1. The van der Waals surface area contributed by atoms with E-state index in [2.05, 4.69) is 4.98 Å². The molecule has 0 atom stereocenters. The second kappa shape index (κ2) is 6.48. The Morgan fingerprint density at radius 3 is 2.52 bits per heavy atom. The zero-order valence-electron chi connectivity index (χ0n) is 13.1. The number of aromatic nitrogens is 1. The summed E-state index contributed by atoms with van der Waals surface area (Å²) in [7, 11) is 1.63. The van der Waals surface area contributed by atoms with Crippen molar-refractivity contribution < 1.29 is 14.3 Å². The van der Waals surface area contributed by atoms with Crippen molar-refractivity contribution in [3.63, 3.8) is 0 Å². The molecule has 0 amide bonds. The standard InChI is InChI=1S/C19H17NO3/c1-3-23-19(21)16-12-18(13-8-10-14(22-2)11-9-13)20-17-7-5-4-6-15(16)17/h4-12H,3H2,1-2H3. The first-order chi connectivity index (χ1) is 11.2. The SMILES string of the molecule is CCOC(=O)c1cc(-c2ccc(OC)cc2)nc2ccccc12. The highest BCUT2D eigenvalue weighted by atomic mass is 16.5. The Kier molecular flexibility index (Phi) is 4.24. The van der Waals surface area contributed by atoms with Crippen LogP contribution in [0.1, 0.15) is 17.3 Å². The van der Waals surface area contributed by atoms with Gasteiger partial charge in [0.05, 0.1) is 30.5 Å². The van der Waals surface area contributed by atoms with Crippen molar-refractivity contribution in [3.05, 3.63) is 60.2 Å². The second-order valence-corrected chi connectivity index (χ2v) is 5.02. The lowest BCUT2D eigenvalue weighted by Crippen LogP contribution is -2.06. The number of hydrogen-bond donors (Lipinski definition) is 0. The van der Waals surface area contributed by atoms with Gasteiger partial charge >= 0.3 is 5.97 Å². The summed E-state index contributed by atoms with van der Waals surface area (Å²) >= 11 is 0. The molecular formula is C19H17NO3. The van der Waals surface area contributed by atoms with Crippen LogP contribution in [0.3, 0.4) is 0 Å². The van der Waals surface area contributed by atoms with Gasteiger partial charge in [-0.1, -0.05) is 18.2 Å². The second-order valence-electron chi connectivity index (χ2n) is 5.02. The lowest BCUT2D eigenvalue weighted by Gasteiger charge is -2.09. The molecule has 0 saturated carbocycles. The fourth-order valence-electron chi connectivity index (χ4n) is 2.46. The van der Waals surface area contributed by atoms with Crippen LogP contribution in [-0.4, -0.2) is 24.7 Å². The van der Waals surface area contributed by atoms with E-state index in [4.69, 9.17) is 9.47 Å². The number of carbonyl (C=O) groups excluding carboxylic acids is 1. The topological polar surface area (TPSA) is 48.4 Å². The van der Waals surface area contributed by atoms with Gasteiger partial charge in [0.15, 0.2) is 0 Å². The van der Waals surface area contributed by atoms with Crippen molar-refractivity contribution in [1.29, 1.82) is 0 Å². The number of hydrogen-bond acceptors (Lipinski definition) is 4. The van der Waals surface area contributed by atoms with Gasteiger partial charge in [0.1, 0.15) is 5.75 Å². The zero-order valence-corrected chi connectivity index (χ0v) is 13.1. The van der Waals surface area contributed by atoms with Crippen LogP contribution in [0.25, 0.3) is 22.2 Å². The van der Waals surface area contributed by atoms with Gasteiger partial charge in [0.25, 0.3) is 0 Å². The highest BCUT2D eigenvalue weighted by Crippen LogP contribution is 2.26. The molecule has 4 nitrogen and oxygen atoms in total. The van der Waals surface area contributed by atoms with Crippen LogP contribution in [0.2, 0.25) is 0 Å². The minimum Gasteiger partial charge on any atom is -0.497 e. The van der Waals surface area contributed by atoms with Crippen LogP contribution in [0.5, 0.6) is 5.75 Å². The molecule has 0 unspecified atom stereocenters. The predicted molar refractivity (Wildman–Crippen MR) is 89.7 cm³/mol. The van der Waals surface area contributed by atoms with Crippen molar-refractivity contribution in [2.24, 2.45) is 0 Å². The molecule has 4 heteroatoms. The number of fused-ring (bicyclic) bond motifs is 1. The third kappa shape index (κ3) is 3.01. The molecule has 23 heavy (non-hydrogen) atoms. The lowest BCUT2D eigenvalue weighted by atomic mass is 10.0. The maximum absolute atomic E-state index is 12.3. The van der Waals surface area contributed by atoms with Gasteiger partial charge in [-0.15, -0.1) is 0 Å². The van der Waals surface area contributed by atoms with Crippen LogP contribution in [0.4, 0.5) is 0 Å². The third-order valence-corrected chi connectivity index (χ3v) is 3.60. The monoisotopic (exact) mass is 307 g/mol. The predicted octanol–water partition coefficient (Wildman–Crippen LogP) is 4.09. The molecule has 1 heterocycles. The summed E-state index contributed by atoms with van der Waals surface area (Å²) < 4.78 is 10.4. The van der Waals surface area contributed by atoms with Gasteiger partial charge in [-0.2, -0.15) is 0 Å². The highest BCUT2D eigenvalue weighted by Gasteiger charge is 2.14. The average Bonchev–Trinajstić information content (AvgIpc) is 2.61. The quantitative estimate of drug-likeness (QED) is 0.681. The van der Waals surface area contributed by atoms with Crippen molar-refractivity contribution in [1.82, 2.24) is 4.98 Å². The van der Waals surface area contributed by atoms with Gasteiger partial charge < -0.3 is 9.47 Å². The van der Waals surface area contributed by atoms with Crippen molar-refractivity contribution in [3.8, 4) is 17.0 Å². The summed E-state index contributed by atoms with van der Waals surface area (Å²) in [6, 6.07) is 16.9. The fraction of sp³-hybridized carbons (Fsp3) is 0.158. The number of pyridine rings is 1. The van der Waals surface area contributed by atoms with Crippen molar-refractivity contribution in [2.75, 3.05) is 13.7 Å². The van der Waals surface area contributed by atoms with E-state index in [-0.39, 0.29) is 5.97 Å². The Morgan fingerprint density at radius 2 is 1.83 bits per heavy atom. The minimum absolute atomic E-state index is 0.333. The van der Waals surface area contributed by atoms with Gasteiger partial charge in [0, 0.05) is 10.9 Å². The first-order valence-corrected chi connectivity index (χ1v) is 7.44. The maximum atomic E-state index is 12.3. The first-order valence-electron chi connectivity index (χ1n) is 7.44. The number of para-hydroxylation sites is 1. The normalized spacial score (nSPS) is 10.5. The smallest absolute Gasteiger partial charge is 0.338 e. The molecule has 0 fully saturated rings. The van der Waals surface area contributed by atoms with Gasteiger partial charge in [-0.05, 0) is 43.3 Å². The molecule has 116 valence electrons. The maximum Gasteiger partial charge on any atom is 0.338 e. The fourth-order valence-corrected chi connectivity index (χ4v) is 2.46. The molecule has 1 aromatic heterocycles. The number of rotatable bonds is 4. The zero-order chi connectivity index (χ0) is 16.2. The molecule has 0 aliphatic carbocycles. The number of ether oxygens (including phenoxy) is 2. The summed E-state index contributed by atoms with van der Waals surface area (Å²) in [5, 5.41) is 0.795. The number of benzene rings is 2. The summed E-state index contributed by atoms with van der Waals surface area (Å²) in [5.41, 5.74) is 2.95. The van der Waals surface area contributed by atoms with Gasteiger partial charge in [0.2, 0.25) is 0 Å². The average molecular weight is 307 g/mol. The Labute approximate surface area is 134 Å². The number of carbonyl (C=O) groups is 1. The van der Waals surface area contributed by atoms with E-state index in [9.17, 15) is 4.79 Å². The molecule has 0 radical (unpaired) electrons. The first kappa shape index (κ1) is 15.0. The Morgan fingerprint density at radius 1 is 1.09 bits per heavy atom. The molecule has 3 aromatic rings. The highest BCUT2D eigenvalue weighted by molar-refractivity contribution is 6.04. The van der Waals surface area contributed by atoms with Crippen molar-refractivity contribution >= 4 is 16.9 Å². The molecule has 2 aromatic carbocycles. The van der Waals surface area contributed by atoms with Crippen LogP contribution in [0.15, 0.2) is 54.6 Å². The minimum atomic E-state index is -0.333. The molecule has 0 saturated heterocycles. The van der Waals surface area contributed by atoms with E-state index < -0.39 is 0 Å². The van der Waals surface area contributed by atoms with E-state index in [1.807, 2.05) is 48.5 Å². The van der Waals surface area contributed by atoms with E-state index >= 15 is 0 Å². The Bertz CT molecular complexity index is 841. The molecule has 3 rings (SSSR count). The van der Waals surface area contributed by atoms with Crippen LogP contribution >= 0.6 is 0 Å².